The minimum absolute atomic E-state index is 0.0660. The number of aromatic nitrogens is 2. The Balaban J connectivity index is 2.37. The van der Waals surface area contributed by atoms with Gasteiger partial charge in [0.1, 0.15) is 5.60 Å². The maximum atomic E-state index is 14.6. The molecule has 1 saturated heterocycles. The molecule has 0 saturated carbocycles. The van der Waals surface area contributed by atoms with Gasteiger partial charge in [-0.2, -0.15) is 4.98 Å². The smallest absolute Gasteiger partial charge is 0.412 e. The van der Waals surface area contributed by atoms with Crippen LogP contribution in [-0.4, -0.2) is 71.9 Å². The number of hydrogen-bond donors (Lipinski definition) is 5. The molecule has 4 atom stereocenters. The summed E-state index contributed by atoms with van der Waals surface area (Å²) in [6.07, 6.45) is -4.11. The summed E-state index contributed by atoms with van der Waals surface area (Å²) in [4.78, 5) is 50.3. The van der Waals surface area contributed by atoms with E-state index >= 15 is 0 Å². The van der Waals surface area contributed by atoms with E-state index < -0.39 is 71.7 Å². The number of carbonyl (C=O) groups excluding carboxylic acids is 1. The molecular weight excluding hydrogens is 449 g/mol. The van der Waals surface area contributed by atoms with Gasteiger partial charge in [-0.25, -0.2) is 14.0 Å². The van der Waals surface area contributed by atoms with Crippen LogP contribution in [0.5, 0.6) is 0 Å². The molecule has 1 aliphatic heterocycles. The van der Waals surface area contributed by atoms with Crippen LogP contribution in [-0.2, 0) is 19.1 Å². The predicted molar refractivity (Wildman–Crippen MR) is 107 cm³/mol. The molecule has 2 heterocycles. The normalized spacial score (nSPS) is 26.7. The summed E-state index contributed by atoms with van der Waals surface area (Å²) < 4.78 is 25.2. The minimum atomic E-state index is -2.85. The fourth-order valence-electron chi connectivity index (χ4n) is 3.63. The molecule has 1 aromatic heterocycles. The van der Waals surface area contributed by atoms with E-state index in [1.807, 2.05) is 12.2 Å². The number of carboxylic acid groups (broad SMARTS) is 2. The Kier molecular flexibility index (Phi) is 8.11. The highest BCUT2D eigenvalue weighted by Crippen LogP contribution is 2.49. The van der Waals surface area contributed by atoms with Gasteiger partial charge in [-0.1, -0.05) is 19.8 Å². The Morgan fingerprint density at radius 3 is 2.39 bits per heavy atom. The number of carbonyl (C=O) groups is 3. The lowest BCUT2D eigenvalue weighted by Gasteiger charge is -2.38. The number of amides is 1. The molecule has 2 rings (SSSR count). The largest absolute Gasteiger partial charge is 0.481 e. The topological polar surface area (TPSA) is 198 Å². The van der Waals surface area contributed by atoms with Crippen LogP contribution in [0, 0.1) is 5.82 Å². The first kappa shape index (κ1) is 26.2. The van der Waals surface area contributed by atoms with E-state index in [0.717, 1.165) is 19.8 Å². The lowest BCUT2D eigenvalue weighted by molar-refractivity contribution is -0.184. The molecule has 1 fully saturated rings. The van der Waals surface area contributed by atoms with Gasteiger partial charge >= 0.3 is 23.7 Å². The summed E-state index contributed by atoms with van der Waals surface area (Å²) in [5.41, 5.74) is -6.77. The molecule has 14 heteroatoms. The highest BCUT2D eigenvalue weighted by atomic mass is 19.1. The Labute approximate surface area is 186 Å². The summed E-state index contributed by atoms with van der Waals surface area (Å²) in [5.74, 6) is -5.27. The Bertz CT molecular complexity index is 970. The number of aliphatic hydroxyl groups is 2. The van der Waals surface area contributed by atoms with Crippen LogP contribution in [0.4, 0.5) is 15.0 Å². The van der Waals surface area contributed by atoms with E-state index in [1.165, 1.54) is 0 Å². The molecule has 1 aliphatic rings. The predicted octanol–water partition coefficient (Wildman–Crippen LogP) is 0.450. The number of carboxylic acids is 2. The Morgan fingerprint density at radius 1 is 1.21 bits per heavy atom. The standard InChI is InChI=1S/C19H26FN3O10/c1-3-4-5-6-32-17(29)22-14-11(20)9-23(16(28)21-14)15-19(31,8-13(26)27)18(30,7-12(24)25)10(2)33-15/h9-10,15,30-31H,3-8H2,1-2H3,(H,24,25)(H,26,27)(H,21,22,28,29)/t10-,15-,18-,19+/m1/s1. The fraction of sp³-hybridized carbons (Fsp3) is 0.632. The van der Waals surface area contributed by atoms with Crippen molar-refractivity contribution in [2.45, 2.75) is 69.5 Å². The highest BCUT2D eigenvalue weighted by molar-refractivity contribution is 5.83. The van der Waals surface area contributed by atoms with Gasteiger partial charge in [0.05, 0.1) is 31.7 Å². The van der Waals surface area contributed by atoms with Gasteiger partial charge in [0.15, 0.2) is 23.5 Å². The van der Waals surface area contributed by atoms with Gasteiger partial charge in [0.25, 0.3) is 0 Å². The molecular formula is C19H26FN3O10. The third-order valence-corrected chi connectivity index (χ3v) is 5.37. The monoisotopic (exact) mass is 475 g/mol. The fourth-order valence-corrected chi connectivity index (χ4v) is 3.63. The molecule has 5 N–H and O–H groups in total. The summed E-state index contributed by atoms with van der Waals surface area (Å²) in [7, 11) is 0. The number of halogens is 1. The van der Waals surface area contributed by atoms with Crippen molar-refractivity contribution in [3.05, 3.63) is 22.5 Å². The second-order valence-corrected chi connectivity index (χ2v) is 7.72. The lowest BCUT2D eigenvalue weighted by Crippen LogP contribution is -2.60. The zero-order valence-electron chi connectivity index (χ0n) is 18.0. The van der Waals surface area contributed by atoms with Crippen LogP contribution in [0.1, 0.15) is 52.2 Å². The molecule has 0 spiro atoms. The van der Waals surface area contributed by atoms with Gasteiger partial charge in [-0.05, 0) is 13.3 Å². The maximum Gasteiger partial charge on any atom is 0.412 e. The summed E-state index contributed by atoms with van der Waals surface area (Å²) >= 11 is 0. The number of unbranched alkanes of at least 4 members (excludes halogenated alkanes) is 2. The third-order valence-electron chi connectivity index (χ3n) is 5.37. The van der Waals surface area contributed by atoms with Gasteiger partial charge in [0, 0.05) is 0 Å². The van der Waals surface area contributed by atoms with Crippen molar-refractivity contribution >= 4 is 23.8 Å². The van der Waals surface area contributed by atoms with Gasteiger partial charge in [-0.3, -0.25) is 19.5 Å². The van der Waals surface area contributed by atoms with Crippen LogP contribution >= 0.6 is 0 Å². The van der Waals surface area contributed by atoms with Crippen LogP contribution in [0.2, 0.25) is 0 Å². The van der Waals surface area contributed by atoms with Crippen LogP contribution in [0.25, 0.3) is 0 Å². The first-order valence-corrected chi connectivity index (χ1v) is 10.1. The molecule has 0 aromatic carbocycles. The first-order valence-electron chi connectivity index (χ1n) is 10.1. The van der Waals surface area contributed by atoms with E-state index in [2.05, 4.69) is 4.98 Å². The van der Waals surface area contributed by atoms with Crippen molar-refractivity contribution in [1.29, 1.82) is 0 Å². The second kappa shape index (κ2) is 10.2. The summed E-state index contributed by atoms with van der Waals surface area (Å²) in [6.45, 7) is 3.18. The summed E-state index contributed by atoms with van der Waals surface area (Å²) in [6, 6.07) is 0. The number of nitrogens with one attached hydrogen (secondary N) is 1. The number of hydrogen-bond acceptors (Lipinski definition) is 9. The SMILES string of the molecule is CCCCCOC(=O)Nc1nc(=O)n([C@@H]2O[C@H](C)[C@](O)(CC(=O)O)[C@]2(O)CC(=O)O)cc1F. The average molecular weight is 475 g/mol. The Hall–Kier alpha value is -3.10. The van der Waals surface area contributed by atoms with Crippen LogP contribution < -0.4 is 11.0 Å². The van der Waals surface area contributed by atoms with E-state index in [1.54, 1.807) is 0 Å². The number of nitrogens with zero attached hydrogens (tertiary/aromatic N) is 2. The zero-order valence-corrected chi connectivity index (χ0v) is 18.0. The van der Waals surface area contributed by atoms with Crippen molar-refractivity contribution in [2.24, 2.45) is 0 Å². The number of anilines is 1. The second-order valence-electron chi connectivity index (χ2n) is 7.72. The quantitative estimate of drug-likeness (QED) is 0.294. The average Bonchev–Trinajstić information content (AvgIpc) is 2.87. The summed E-state index contributed by atoms with van der Waals surface area (Å²) in [5, 5.41) is 42.2. The van der Waals surface area contributed by atoms with Gasteiger partial charge in [-0.15, -0.1) is 0 Å². The van der Waals surface area contributed by atoms with Gasteiger partial charge < -0.3 is 29.9 Å². The molecule has 0 bridgehead atoms. The van der Waals surface area contributed by atoms with Crippen LogP contribution in [0.3, 0.4) is 0 Å². The van der Waals surface area contributed by atoms with Crippen molar-refractivity contribution < 1.29 is 48.7 Å². The van der Waals surface area contributed by atoms with Crippen LogP contribution in [0.15, 0.2) is 11.0 Å². The van der Waals surface area contributed by atoms with Crippen molar-refractivity contribution in [2.75, 3.05) is 11.9 Å². The van der Waals surface area contributed by atoms with Crippen molar-refractivity contribution in [3.8, 4) is 0 Å². The molecule has 1 aromatic rings. The Morgan fingerprint density at radius 2 is 1.82 bits per heavy atom. The third kappa shape index (κ3) is 5.46. The zero-order chi connectivity index (χ0) is 25.0. The van der Waals surface area contributed by atoms with Crippen molar-refractivity contribution in [3.63, 3.8) is 0 Å². The number of rotatable bonds is 10. The molecule has 33 heavy (non-hydrogen) atoms. The maximum absolute atomic E-state index is 14.6. The molecule has 184 valence electrons. The molecule has 0 aliphatic carbocycles. The van der Waals surface area contributed by atoms with E-state index in [-0.39, 0.29) is 6.61 Å². The molecule has 0 radical (unpaired) electrons. The van der Waals surface area contributed by atoms with Crippen molar-refractivity contribution in [1.82, 2.24) is 9.55 Å². The number of aliphatic carboxylic acids is 2. The lowest BCUT2D eigenvalue weighted by atomic mass is 9.76. The van der Waals surface area contributed by atoms with E-state index in [0.29, 0.717) is 17.2 Å². The molecule has 13 nitrogen and oxygen atoms in total. The highest BCUT2D eigenvalue weighted by Gasteiger charge is 2.66. The van der Waals surface area contributed by atoms with Gasteiger partial charge in [0.2, 0.25) is 0 Å². The first-order chi connectivity index (χ1) is 15.4. The van der Waals surface area contributed by atoms with E-state index in [4.69, 9.17) is 14.6 Å². The molecule has 1 amide bonds. The molecule has 0 unspecified atom stereocenters. The number of ether oxygens (including phenoxy) is 2. The minimum Gasteiger partial charge on any atom is -0.481 e. The van der Waals surface area contributed by atoms with E-state index in [9.17, 15) is 38.9 Å².